The number of morpholine rings is 1. The third-order valence-corrected chi connectivity index (χ3v) is 6.93. The predicted octanol–water partition coefficient (Wildman–Crippen LogP) is 3.24. The number of anilines is 2. The number of carbonyl (C=O) groups is 2. The molecule has 9 nitrogen and oxygen atoms in total. The zero-order chi connectivity index (χ0) is 22.4. The number of amides is 1. The van der Waals surface area contributed by atoms with Crippen LogP contribution in [0.5, 0.6) is 11.5 Å². The van der Waals surface area contributed by atoms with Crippen LogP contribution in [0.15, 0.2) is 30.3 Å². The molecule has 1 aromatic heterocycles. The third kappa shape index (κ3) is 3.32. The van der Waals surface area contributed by atoms with Crippen LogP contribution in [0.1, 0.15) is 27.1 Å². The molecule has 0 aliphatic carbocycles. The van der Waals surface area contributed by atoms with E-state index in [1.54, 1.807) is 6.07 Å². The van der Waals surface area contributed by atoms with Crippen LogP contribution in [0.25, 0.3) is 10.2 Å². The van der Waals surface area contributed by atoms with Crippen molar-refractivity contribution in [1.29, 1.82) is 0 Å². The van der Waals surface area contributed by atoms with E-state index in [1.807, 2.05) is 6.07 Å². The monoisotopic (exact) mass is 455 g/mol. The maximum Gasteiger partial charge on any atom is 0.337 e. The van der Waals surface area contributed by atoms with Gasteiger partial charge in [0, 0.05) is 6.07 Å². The Labute approximate surface area is 187 Å². The van der Waals surface area contributed by atoms with Crippen LogP contribution in [-0.2, 0) is 4.74 Å². The van der Waals surface area contributed by atoms with Gasteiger partial charge < -0.3 is 29.5 Å². The fraction of sp³-hybridized carbons (Fsp3) is 0.318. The molecule has 32 heavy (non-hydrogen) atoms. The molecule has 166 valence electrons. The highest BCUT2D eigenvalue weighted by Gasteiger charge is 2.44. The summed E-state index contributed by atoms with van der Waals surface area (Å²) in [5, 5.41) is 13.1. The van der Waals surface area contributed by atoms with E-state index >= 15 is 0 Å². The SMILES string of the molecule is COc1ccc(C(=O)O)c(NC(=O)c2c(OC)ccc3nc(N4C5COCC4C5)sc23)c1. The highest BCUT2D eigenvalue weighted by atomic mass is 32.1. The number of nitrogens with zero attached hydrogens (tertiary/aromatic N) is 2. The number of carbonyl (C=O) groups excluding carboxylic acids is 1. The van der Waals surface area contributed by atoms with Crippen LogP contribution in [-0.4, -0.2) is 61.5 Å². The molecule has 2 unspecified atom stereocenters. The fourth-order valence-electron chi connectivity index (χ4n) is 4.23. The highest BCUT2D eigenvalue weighted by molar-refractivity contribution is 7.22. The van der Waals surface area contributed by atoms with Gasteiger partial charge in [-0.25, -0.2) is 9.78 Å². The maximum absolute atomic E-state index is 13.4. The molecule has 1 amide bonds. The number of benzene rings is 2. The number of hydrogen-bond acceptors (Lipinski definition) is 8. The van der Waals surface area contributed by atoms with Crippen molar-refractivity contribution in [2.24, 2.45) is 0 Å². The average molecular weight is 455 g/mol. The Morgan fingerprint density at radius 1 is 1.19 bits per heavy atom. The summed E-state index contributed by atoms with van der Waals surface area (Å²) in [6, 6.07) is 8.54. The van der Waals surface area contributed by atoms with Gasteiger partial charge in [-0.3, -0.25) is 4.79 Å². The zero-order valence-corrected chi connectivity index (χ0v) is 18.3. The first-order valence-corrected chi connectivity index (χ1v) is 10.9. The number of hydrogen-bond donors (Lipinski definition) is 2. The molecule has 3 aromatic rings. The Morgan fingerprint density at radius 3 is 2.62 bits per heavy atom. The van der Waals surface area contributed by atoms with Crippen molar-refractivity contribution >= 4 is 44.2 Å². The van der Waals surface area contributed by atoms with E-state index in [-0.39, 0.29) is 11.3 Å². The number of carboxylic acids is 1. The lowest BCUT2D eigenvalue weighted by Crippen LogP contribution is -2.64. The van der Waals surface area contributed by atoms with E-state index in [0.717, 1.165) is 11.6 Å². The minimum atomic E-state index is -1.15. The topological polar surface area (TPSA) is 110 Å². The summed E-state index contributed by atoms with van der Waals surface area (Å²) in [6.45, 7) is 1.35. The lowest BCUT2D eigenvalue weighted by molar-refractivity contribution is 0.0103. The normalized spacial score (nSPS) is 19.4. The molecule has 2 N–H and O–H groups in total. The molecule has 2 fully saturated rings. The lowest BCUT2D eigenvalue weighted by Gasteiger charge is -2.52. The molecule has 0 radical (unpaired) electrons. The standard InChI is InChI=1S/C22H21N3O6S/c1-29-13-3-4-14(21(27)28)16(8-13)23-20(26)18-17(30-2)6-5-15-19(18)32-22(24-15)25-11-7-12(25)10-31-9-11/h3-6,8,11-12H,7,9-10H2,1-2H3,(H,23,26)(H,27,28). The van der Waals surface area contributed by atoms with Crippen LogP contribution < -0.4 is 19.7 Å². The number of nitrogens with one attached hydrogen (secondary N) is 1. The van der Waals surface area contributed by atoms with Crippen LogP contribution in [0.2, 0.25) is 0 Å². The van der Waals surface area contributed by atoms with E-state index in [0.29, 0.717) is 52.6 Å². The summed E-state index contributed by atoms with van der Waals surface area (Å²) >= 11 is 1.43. The molecule has 2 atom stereocenters. The number of fused-ring (bicyclic) bond motifs is 3. The first kappa shape index (κ1) is 20.5. The second-order valence-corrected chi connectivity index (χ2v) is 8.62. The second kappa shape index (κ2) is 7.95. The fourth-order valence-corrected chi connectivity index (χ4v) is 5.48. The molecule has 3 heterocycles. The van der Waals surface area contributed by atoms with Crippen molar-refractivity contribution in [3.8, 4) is 11.5 Å². The average Bonchev–Trinajstić information content (AvgIpc) is 3.21. The summed E-state index contributed by atoms with van der Waals surface area (Å²) in [5.74, 6) is -0.815. The third-order valence-electron chi connectivity index (χ3n) is 5.83. The highest BCUT2D eigenvalue weighted by Crippen LogP contribution is 2.42. The maximum atomic E-state index is 13.4. The van der Waals surface area contributed by atoms with Crippen molar-refractivity contribution in [3.63, 3.8) is 0 Å². The van der Waals surface area contributed by atoms with Gasteiger partial charge in [0.15, 0.2) is 5.13 Å². The van der Waals surface area contributed by atoms with Crippen molar-refractivity contribution in [2.75, 3.05) is 37.7 Å². The van der Waals surface area contributed by atoms with Gasteiger partial charge in [-0.05, 0) is 30.7 Å². The number of ether oxygens (including phenoxy) is 3. The molecule has 10 heteroatoms. The van der Waals surface area contributed by atoms with Gasteiger partial charge in [0.1, 0.15) is 17.1 Å². The Hall–Kier alpha value is -3.37. The van der Waals surface area contributed by atoms with Gasteiger partial charge in [0.05, 0.1) is 61.0 Å². The number of rotatable bonds is 6. The molecule has 2 saturated heterocycles. The molecular formula is C22H21N3O6S. The van der Waals surface area contributed by atoms with E-state index in [1.165, 1.54) is 43.8 Å². The Bertz CT molecular complexity index is 1210. The van der Waals surface area contributed by atoms with Gasteiger partial charge in [-0.1, -0.05) is 11.3 Å². The van der Waals surface area contributed by atoms with Crippen molar-refractivity contribution in [1.82, 2.24) is 4.98 Å². The van der Waals surface area contributed by atoms with E-state index in [2.05, 4.69) is 10.2 Å². The Kier molecular flexibility index (Phi) is 5.10. The second-order valence-electron chi connectivity index (χ2n) is 7.65. The Morgan fingerprint density at radius 2 is 1.97 bits per heavy atom. The molecule has 2 aromatic carbocycles. The molecule has 5 rings (SSSR count). The van der Waals surface area contributed by atoms with Crippen LogP contribution in [0.4, 0.5) is 10.8 Å². The molecule has 0 spiro atoms. The summed E-state index contributed by atoms with van der Waals surface area (Å²) < 4.78 is 16.9. The summed E-state index contributed by atoms with van der Waals surface area (Å²) in [6.07, 6.45) is 1.08. The van der Waals surface area contributed by atoms with E-state index < -0.39 is 11.9 Å². The van der Waals surface area contributed by atoms with Crippen molar-refractivity contribution in [2.45, 2.75) is 18.5 Å². The van der Waals surface area contributed by atoms with Gasteiger partial charge in [0.2, 0.25) is 0 Å². The molecule has 2 aliphatic rings. The minimum absolute atomic E-state index is 0.0383. The van der Waals surface area contributed by atoms with Gasteiger partial charge >= 0.3 is 5.97 Å². The predicted molar refractivity (Wildman–Crippen MR) is 120 cm³/mol. The minimum Gasteiger partial charge on any atom is -0.497 e. The number of aromatic carboxylic acids is 1. The summed E-state index contributed by atoms with van der Waals surface area (Å²) in [5.41, 5.74) is 1.10. The molecule has 2 bridgehead atoms. The smallest absolute Gasteiger partial charge is 0.337 e. The number of carboxylic acid groups (broad SMARTS) is 1. The molecular weight excluding hydrogens is 434 g/mol. The van der Waals surface area contributed by atoms with E-state index in [9.17, 15) is 14.7 Å². The lowest BCUT2D eigenvalue weighted by atomic mass is 9.92. The van der Waals surface area contributed by atoms with Gasteiger partial charge in [-0.15, -0.1) is 0 Å². The summed E-state index contributed by atoms with van der Waals surface area (Å²) in [4.78, 5) is 32.0. The van der Waals surface area contributed by atoms with Crippen LogP contribution in [0.3, 0.4) is 0 Å². The zero-order valence-electron chi connectivity index (χ0n) is 17.5. The first-order valence-electron chi connectivity index (χ1n) is 10.1. The Balaban J connectivity index is 1.54. The first-order chi connectivity index (χ1) is 15.5. The van der Waals surface area contributed by atoms with E-state index in [4.69, 9.17) is 19.2 Å². The van der Waals surface area contributed by atoms with Crippen molar-refractivity contribution < 1.29 is 28.9 Å². The van der Waals surface area contributed by atoms with Crippen LogP contribution in [0, 0.1) is 0 Å². The molecule has 2 aliphatic heterocycles. The van der Waals surface area contributed by atoms with Crippen LogP contribution >= 0.6 is 11.3 Å². The number of aromatic nitrogens is 1. The number of methoxy groups -OCH3 is 2. The largest absolute Gasteiger partial charge is 0.497 e. The van der Waals surface area contributed by atoms with Crippen molar-refractivity contribution in [3.05, 3.63) is 41.5 Å². The molecule has 0 saturated carbocycles. The number of thiazole rings is 1. The van der Waals surface area contributed by atoms with Gasteiger partial charge in [0.25, 0.3) is 5.91 Å². The summed E-state index contributed by atoms with van der Waals surface area (Å²) in [7, 11) is 2.96. The van der Waals surface area contributed by atoms with Gasteiger partial charge in [-0.2, -0.15) is 0 Å². The quantitative estimate of drug-likeness (QED) is 0.583.